The van der Waals surface area contributed by atoms with Crippen molar-refractivity contribution in [3.63, 3.8) is 0 Å². The number of rotatable bonds is 11. The Morgan fingerprint density at radius 2 is 1.80 bits per heavy atom. The first-order valence-electron chi connectivity index (χ1n) is 14.5. The van der Waals surface area contributed by atoms with Crippen LogP contribution in [-0.2, 0) is 30.0 Å². The number of nitrogens with zero attached hydrogens (tertiary/aromatic N) is 4. The minimum atomic E-state index is -4.36. The minimum absolute atomic E-state index is 0.0153. The second-order valence-corrected chi connectivity index (χ2v) is 12.5. The third-order valence-electron chi connectivity index (χ3n) is 7.48. The van der Waals surface area contributed by atoms with Gasteiger partial charge in [-0.3, -0.25) is 13.9 Å². The monoisotopic (exact) mass is 648 g/mol. The maximum atomic E-state index is 14.3. The molecule has 46 heavy (non-hydrogen) atoms. The van der Waals surface area contributed by atoms with Gasteiger partial charge < -0.3 is 29.9 Å². The molecule has 0 bridgehead atoms. The summed E-state index contributed by atoms with van der Waals surface area (Å²) in [6.45, 7) is 2.65. The summed E-state index contributed by atoms with van der Waals surface area (Å²) in [5, 5.41) is 26.0. The number of aliphatic hydroxyl groups is 2. The van der Waals surface area contributed by atoms with Crippen LogP contribution in [0.2, 0.25) is 0 Å². The highest BCUT2D eigenvalue weighted by atomic mass is 31.2. The van der Waals surface area contributed by atoms with Gasteiger partial charge in [0.05, 0.1) is 12.9 Å². The lowest BCUT2D eigenvalue weighted by molar-refractivity contribution is -0.146. The van der Waals surface area contributed by atoms with E-state index in [1.807, 2.05) is 54.6 Å². The summed E-state index contributed by atoms with van der Waals surface area (Å²) >= 11 is 0. The first-order chi connectivity index (χ1) is 22.1. The van der Waals surface area contributed by atoms with Crippen LogP contribution in [0.5, 0.6) is 5.75 Å². The van der Waals surface area contributed by atoms with Crippen LogP contribution in [0.4, 0.5) is 5.82 Å². The summed E-state index contributed by atoms with van der Waals surface area (Å²) < 4.78 is 38.9. The molecule has 3 aromatic carbocycles. The fourth-order valence-electron chi connectivity index (χ4n) is 5.14. The number of esters is 1. The van der Waals surface area contributed by atoms with Crippen LogP contribution in [0.1, 0.15) is 24.5 Å². The van der Waals surface area contributed by atoms with E-state index >= 15 is 0 Å². The molecule has 0 saturated carbocycles. The molecule has 0 aliphatic carbocycles. The molecule has 2 aromatic heterocycles. The van der Waals surface area contributed by atoms with Crippen molar-refractivity contribution in [3.05, 3.63) is 90.5 Å². The summed E-state index contributed by atoms with van der Waals surface area (Å²) in [4.78, 5) is 25.6. The van der Waals surface area contributed by atoms with Crippen molar-refractivity contribution in [3.8, 4) is 5.75 Å². The number of nitrogens with two attached hydrogens (primary N) is 1. The van der Waals surface area contributed by atoms with Gasteiger partial charge in [0.15, 0.2) is 17.7 Å². The zero-order chi connectivity index (χ0) is 32.4. The number of carbonyl (C=O) groups is 1. The van der Waals surface area contributed by atoms with E-state index in [0.717, 1.165) is 10.9 Å². The number of anilines is 1. The van der Waals surface area contributed by atoms with E-state index < -0.39 is 50.9 Å². The van der Waals surface area contributed by atoms with Crippen molar-refractivity contribution >= 4 is 41.5 Å². The first-order valence-corrected chi connectivity index (χ1v) is 16.0. The first kappa shape index (κ1) is 31.5. The fourth-order valence-corrected chi connectivity index (χ4v) is 6.67. The Labute approximate surface area is 263 Å². The van der Waals surface area contributed by atoms with E-state index in [1.165, 1.54) is 17.8 Å². The summed E-state index contributed by atoms with van der Waals surface area (Å²) in [5.41, 5.74) is 7.37. The third-order valence-corrected chi connectivity index (χ3v) is 9.11. The van der Waals surface area contributed by atoms with Crippen molar-refractivity contribution in [1.82, 2.24) is 24.6 Å². The molecule has 0 radical (unpaired) electrons. The number of aryl methyl sites for hydroxylation is 1. The van der Waals surface area contributed by atoms with Crippen molar-refractivity contribution < 1.29 is 38.1 Å². The SMILES string of the molecule is Cc1nc(N)c2ncn([C@@H]3O[C@H](COP(=O)(N[C@@H](C)C(=O)OCc4ccccc4)Oc4cccc5ccccc45)C(O)[C@H]3O)c2n1. The number of nitrogens with one attached hydrogen (secondary N) is 1. The average molecular weight is 649 g/mol. The second-order valence-electron chi connectivity index (χ2n) is 10.8. The Morgan fingerprint density at radius 1 is 1.07 bits per heavy atom. The molecule has 6 atom stereocenters. The van der Waals surface area contributed by atoms with Gasteiger partial charge in [0, 0.05) is 5.39 Å². The molecule has 1 aliphatic heterocycles. The lowest BCUT2D eigenvalue weighted by atomic mass is 10.1. The maximum absolute atomic E-state index is 14.3. The summed E-state index contributed by atoms with van der Waals surface area (Å²) in [6, 6.07) is 20.6. The number of benzene rings is 3. The van der Waals surface area contributed by atoms with E-state index in [-0.39, 0.29) is 18.2 Å². The minimum Gasteiger partial charge on any atom is -0.460 e. The molecule has 5 aromatic rings. The molecular weight excluding hydrogens is 615 g/mol. The largest absolute Gasteiger partial charge is 0.460 e. The van der Waals surface area contributed by atoms with Crippen LogP contribution in [0.25, 0.3) is 21.9 Å². The smallest absolute Gasteiger partial charge is 0.459 e. The van der Waals surface area contributed by atoms with Crippen molar-refractivity contribution in [2.24, 2.45) is 0 Å². The number of hydrogen-bond donors (Lipinski definition) is 4. The van der Waals surface area contributed by atoms with Crippen LogP contribution in [0, 0.1) is 6.92 Å². The van der Waals surface area contributed by atoms with Gasteiger partial charge in [-0.25, -0.2) is 19.5 Å². The summed E-state index contributed by atoms with van der Waals surface area (Å²) in [6.07, 6.45) is -3.80. The van der Waals surface area contributed by atoms with Crippen LogP contribution < -0.4 is 15.3 Å². The van der Waals surface area contributed by atoms with Crippen molar-refractivity contribution in [2.45, 2.75) is 51.0 Å². The normalized spacial score (nSPS) is 21.7. The summed E-state index contributed by atoms with van der Waals surface area (Å²) in [5.74, 6) is 0.0874. The zero-order valence-corrected chi connectivity index (χ0v) is 25.9. The molecule has 2 unspecified atom stereocenters. The van der Waals surface area contributed by atoms with E-state index in [1.54, 1.807) is 25.1 Å². The Hall–Kier alpha value is -4.43. The Balaban J connectivity index is 1.21. The molecule has 0 amide bonds. The van der Waals surface area contributed by atoms with Crippen LogP contribution in [-0.4, -0.2) is 66.7 Å². The number of aliphatic hydroxyl groups excluding tert-OH is 2. The molecule has 5 N–H and O–H groups in total. The predicted octanol–water partition coefficient (Wildman–Crippen LogP) is 3.41. The van der Waals surface area contributed by atoms with E-state index in [0.29, 0.717) is 22.4 Å². The number of aromatic nitrogens is 4. The maximum Gasteiger partial charge on any atom is 0.459 e. The average Bonchev–Trinajstić information content (AvgIpc) is 3.59. The third kappa shape index (κ3) is 6.58. The highest BCUT2D eigenvalue weighted by molar-refractivity contribution is 7.52. The van der Waals surface area contributed by atoms with Gasteiger partial charge in [-0.05, 0) is 30.9 Å². The number of nitrogen functional groups attached to an aromatic ring is 1. The standard InChI is InChI=1S/C31H33N6O8P/c1-18(31(40)42-15-20-9-4-3-5-10-20)36-46(41,45-23-14-8-12-21-11-6-7-13-22(21)23)43-16-24-26(38)27(39)30(44-24)37-17-33-25-28(32)34-19(2)35-29(25)37/h3-14,17-18,24,26-27,30,38-39H,15-16H2,1-2H3,(H,36,41)(H2,32,34,35)/t18-,24+,26?,27+,30+,46?/m0/s1. The molecule has 0 spiro atoms. The molecule has 3 heterocycles. The van der Waals surface area contributed by atoms with E-state index in [4.69, 9.17) is 24.3 Å². The number of ether oxygens (including phenoxy) is 2. The zero-order valence-electron chi connectivity index (χ0n) is 25.0. The van der Waals surface area contributed by atoms with Crippen molar-refractivity contribution in [2.75, 3.05) is 12.3 Å². The van der Waals surface area contributed by atoms with E-state index in [2.05, 4.69) is 20.0 Å². The molecule has 1 aliphatic rings. The van der Waals surface area contributed by atoms with Gasteiger partial charge in [-0.1, -0.05) is 66.7 Å². The van der Waals surface area contributed by atoms with Gasteiger partial charge in [0.1, 0.15) is 48.1 Å². The number of carbonyl (C=O) groups excluding carboxylic acids is 1. The molecule has 6 rings (SSSR count). The topological polar surface area (TPSA) is 193 Å². The lowest BCUT2D eigenvalue weighted by Crippen LogP contribution is -2.37. The Kier molecular flexibility index (Phi) is 9.00. The number of hydrogen-bond acceptors (Lipinski definition) is 12. The van der Waals surface area contributed by atoms with Gasteiger partial charge >= 0.3 is 13.7 Å². The Bertz CT molecular complexity index is 1900. The second kappa shape index (κ2) is 13.1. The molecular formula is C31H33N6O8P. The van der Waals surface area contributed by atoms with Crippen LogP contribution >= 0.6 is 7.75 Å². The lowest BCUT2D eigenvalue weighted by Gasteiger charge is -2.25. The highest BCUT2D eigenvalue weighted by Gasteiger charge is 2.46. The van der Waals surface area contributed by atoms with Gasteiger partial charge in [0.2, 0.25) is 0 Å². The molecule has 1 saturated heterocycles. The van der Waals surface area contributed by atoms with E-state index in [9.17, 15) is 19.6 Å². The van der Waals surface area contributed by atoms with Gasteiger partial charge in [-0.2, -0.15) is 5.09 Å². The van der Waals surface area contributed by atoms with Gasteiger partial charge in [0.25, 0.3) is 0 Å². The molecule has 15 heteroatoms. The molecule has 240 valence electrons. The van der Waals surface area contributed by atoms with Crippen LogP contribution in [0.3, 0.4) is 0 Å². The predicted molar refractivity (Wildman–Crippen MR) is 167 cm³/mol. The van der Waals surface area contributed by atoms with Crippen LogP contribution in [0.15, 0.2) is 79.1 Å². The van der Waals surface area contributed by atoms with Crippen molar-refractivity contribution in [1.29, 1.82) is 0 Å². The molecule has 14 nitrogen and oxygen atoms in total. The highest BCUT2D eigenvalue weighted by Crippen LogP contribution is 2.47. The molecule has 1 fully saturated rings. The number of fused-ring (bicyclic) bond motifs is 2. The van der Waals surface area contributed by atoms with Gasteiger partial charge in [-0.15, -0.1) is 0 Å². The quantitative estimate of drug-likeness (QED) is 0.120. The Morgan fingerprint density at radius 3 is 2.61 bits per heavy atom. The summed E-state index contributed by atoms with van der Waals surface area (Å²) in [7, 11) is -4.36. The fraction of sp³-hybridized carbons (Fsp3) is 0.290. The number of imidazole rings is 1.